The van der Waals surface area contributed by atoms with E-state index in [2.05, 4.69) is 46.4 Å². The van der Waals surface area contributed by atoms with E-state index >= 15 is 0 Å². The minimum Gasteiger partial charge on any atom is -0.265 e. The first-order valence-corrected chi connectivity index (χ1v) is 8.25. The maximum atomic E-state index is 12.8. The van der Waals surface area contributed by atoms with Gasteiger partial charge in [0.2, 0.25) is 0 Å². The lowest BCUT2D eigenvalue weighted by molar-refractivity contribution is 0.529. The van der Waals surface area contributed by atoms with Crippen molar-refractivity contribution in [3.63, 3.8) is 0 Å². The Morgan fingerprint density at radius 3 is 2.44 bits per heavy atom. The van der Waals surface area contributed by atoms with Crippen LogP contribution < -0.4 is 5.56 Å². The maximum Gasteiger partial charge on any atom is 0.298 e. The van der Waals surface area contributed by atoms with Gasteiger partial charge in [0.05, 0.1) is 6.21 Å². The van der Waals surface area contributed by atoms with E-state index in [9.17, 15) is 4.79 Å². The molecule has 7 heteroatoms. The van der Waals surface area contributed by atoms with Gasteiger partial charge in [-0.15, -0.1) is 10.2 Å². The minimum atomic E-state index is -0.411. The topological polar surface area (TPSA) is 77.4 Å². The minimum absolute atomic E-state index is 0.285. The molecule has 25 heavy (non-hydrogen) atoms. The molecule has 0 unspecified atom stereocenters. The zero-order valence-electron chi connectivity index (χ0n) is 15.1. The fourth-order valence-corrected chi connectivity index (χ4v) is 2.44. The number of hydrogen-bond donors (Lipinski definition) is 0. The number of nitrogens with zero attached hydrogens (tertiary/aromatic N) is 6. The van der Waals surface area contributed by atoms with Gasteiger partial charge in [-0.3, -0.25) is 4.79 Å². The summed E-state index contributed by atoms with van der Waals surface area (Å²) >= 11 is 0. The highest BCUT2D eigenvalue weighted by Gasteiger charge is 2.23. The highest BCUT2D eigenvalue weighted by Crippen LogP contribution is 2.16. The Labute approximate surface area is 146 Å². The first kappa shape index (κ1) is 17.0. The molecule has 130 valence electrons. The summed E-state index contributed by atoms with van der Waals surface area (Å²) in [6, 6.07) is 8.09. The molecule has 0 aliphatic rings. The predicted molar refractivity (Wildman–Crippen MR) is 97.3 cm³/mol. The summed E-state index contributed by atoms with van der Waals surface area (Å²) in [6.07, 6.45) is 3.11. The predicted octanol–water partition coefficient (Wildman–Crippen LogP) is 2.59. The molecule has 0 N–H and O–H groups in total. The molecule has 3 aromatic rings. The van der Waals surface area contributed by atoms with Crippen LogP contribution in [0.5, 0.6) is 0 Å². The molecule has 2 heterocycles. The van der Waals surface area contributed by atoms with E-state index < -0.39 is 5.41 Å². The van der Waals surface area contributed by atoms with Crippen molar-refractivity contribution in [2.75, 3.05) is 0 Å². The van der Waals surface area contributed by atoms with Gasteiger partial charge in [-0.25, -0.2) is 0 Å². The third-order valence-electron chi connectivity index (χ3n) is 3.94. The van der Waals surface area contributed by atoms with Crippen LogP contribution >= 0.6 is 0 Å². The van der Waals surface area contributed by atoms with Crippen LogP contribution in [0.4, 0.5) is 0 Å². The molecule has 3 rings (SSSR count). The van der Waals surface area contributed by atoms with Gasteiger partial charge in [-0.1, -0.05) is 58.9 Å². The van der Waals surface area contributed by atoms with Crippen LogP contribution in [0.2, 0.25) is 0 Å². The second kappa shape index (κ2) is 6.23. The lowest BCUT2D eigenvalue weighted by atomic mass is 9.93. The van der Waals surface area contributed by atoms with Crippen LogP contribution in [0.15, 0.2) is 40.5 Å². The number of hydrogen-bond acceptors (Lipinski definition) is 5. The van der Waals surface area contributed by atoms with Crippen LogP contribution in [0, 0.1) is 0 Å². The number of benzene rings is 1. The van der Waals surface area contributed by atoms with Crippen molar-refractivity contribution in [3.8, 4) is 0 Å². The second-order valence-electron chi connectivity index (χ2n) is 7.36. The van der Waals surface area contributed by atoms with Crippen molar-refractivity contribution in [1.29, 1.82) is 0 Å². The summed E-state index contributed by atoms with van der Waals surface area (Å²) in [5, 5.41) is 16.5. The van der Waals surface area contributed by atoms with E-state index in [1.807, 2.05) is 32.9 Å². The third kappa shape index (κ3) is 3.35. The molecule has 0 aliphatic heterocycles. The summed E-state index contributed by atoms with van der Waals surface area (Å²) < 4.78 is 2.72. The van der Waals surface area contributed by atoms with Gasteiger partial charge in [-0.05, 0) is 17.0 Å². The van der Waals surface area contributed by atoms with Crippen molar-refractivity contribution >= 4 is 12.0 Å². The molecule has 0 aliphatic carbocycles. The fourth-order valence-electron chi connectivity index (χ4n) is 2.44. The van der Waals surface area contributed by atoms with E-state index in [-0.39, 0.29) is 11.3 Å². The Hall–Kier alpha value is -2.83. The Morgan fingerprint density at radius 1 is 1.16 bits per heavy atom. The number of aromatic nitrogens is 5. The zero-order chi connectivity index (χ0) is 18.2. The van der Waals surface area contributed by atoms with Crippen molar-refractivity contribution in [1.82, 2.24) is 24.5 Å². The van der Waals surface area contributed by atoms with Crippen LogP contribution in [0.3, 0.4) is 0 Å². The Balaban J connectivity index is 2.07. The smallest absolute Gasteiger partial charge is 0.265 e. The molecule has 7 nitrogen and oxygen atoms in total. The number of fused-ring (bicyclic) bond motifs is 1. The summed E-state index contributed by atoms with van der Waals surface area (Å²) in [5.41, 5.74) is 1.87. The van der Waals surface area contributed by atoms with Crippen molar-refractivity contribution in [2.24, 2.45) is 5.10 Å². The second-order valence-corrected chi connectivity index (χ2v) is 7.36. The van der Waals surface area contributed by atoms with Gasteiger partial charge >= 0.3 is 0 Å². The van der Waals surface area contributed by atoms with E-state index in [0.717, 1.165) is 5.56 Å². The van der Waals surface area contributed by atoms with Gasteiger partial charge in [0.1, 0.15) is 12.0 Å². The normalized spacial score (nSPS) is 12.6. The molecule has 1 aromatic carbocycles. The zero-order valence-corrected chi connectivity index (χ0v) is 15.1. The molecule has 0 fully saturated rings. The summed E-state index contributed by atoms with van der Waals surface area (Å²) in [4.78, 5) is 12.8. The molecular formula is C18H22N6O. The molecule has 0 saturated carbocycles. The fraction of sp³-hybridized carbons (Fsp3) is 0.389. The van der Waals surface area contributed by atoms with E-state index in [4.69, 9.17) is 0 Å². The average Bonchev–Trinajstić information content (AvgIpc) is 3.01. The summed E-state index contributed by atoms with van der Waals surface area (Å²) in [5.74, 6) is 0.756. The SMILES string of the molecule is CC(C)c1ccc(/C=N\n2c(=O)c(C(C)(C)C)nn3cnnc23)cc1. The lowest BCUT2D eigenvalue weighted by Gasteiger charge is -2.16. The van der Waals surface area contributed by atoms with Gasteiger partial charge in [0.25, 0.3) is 11.3 Å². The van der Waals surface area contributed by atoms with Crippen LogP contribution in [-0.4, -0.2) is 30.7 Å². The standard InChI is InChI=1S/C18H22N6O/c1-12(2)14-8-6-13(7-9-14)10-20-24-16(25)15(18(3,4)5)22-23-11-19-21-17(23)24/h6-12H,1-5H3/b20-10-. The van der Waals surface area contributed by atoms with Crippen molar-refractivity contribution in [3.05, 3.63) is 57.8 Å². The van der Waals surface area contributed by atoms with Crippen LogP contribution in [-0.2, 0) is 5.41 Å². The Kier molecular flexibility index (Phi) is 4.24. The highest BCUT2D eigenvalue weighted by atomic mass is 16.1. The van der Waals surface area contributed by atoms with Crippen molar-refractivity contribution < 1.29 is 0 Å². The summed E-state index contributed by atoms with van der Waals surface area (Å²) in [6.45, 7) is 10.1. The van der Waals surface area contributed by atoms with E-state index in [0.29, 0.717) is 11.6 Å². The van der Waals surface area contributed by atoms with Gasteiger partial charge in [0, 0.05) is 5.41 Å². The molecule has 0 amide bonds. The summed E-state index contributed by atoms with van der Waals surface area (Å²) in [7, 11) is 0. The van der Waals surface area contributed by atoms with Gasteiger partial charge in [0.15, 0.2) is 0 Å². The highest BCUT2D eigenvalue weighted by molar-refractivity contribution is 5.79. The molecule has 0 saturated heterocycles. The Morgan fingerprint density at radius 2 is 1.84 bits per heavy atom. The third-order valence-corrected chi connectivity index (χ3v) is 3.94. The number of rotatable bonds is 3. The molecule has 0 spiro atoms. The first-order chi connectivity index (χ1) is 11.8. The first-order valence-electron chi connectivity index (χ1n) is 8.25. The molecular weight excluding hydrogens is 316 g/mol. The lowest BCUT2D eigenvalue weighted by Crippen LogP contribution is -2.33. The van der Waals surface area contributed by atoms with Crippen molar-refractivity contribution in [2.45, 2.75) is 46.0 Å². The molecule has 0 radical (unpaired) electrons. The van der Waals surface area contributed by atoms with Crippen LogP contribution in [0.1, 0.15) is 57.4 Å². The van der Waals surface area contributed by atoms with Gasteiger partial charge < -0.3 is 0 Å². The maximum absolute atomic E-state index is 12.8. The average molecular weight is 338 g/mol. The molecule has 2 aromatic heterocycles. The van der Waals surface area contributed by atoms with E-state index in [1.165, 1.54) is 21.1 Å². The quantitative estimate of drug-likeness (QED) is 0.688. The van der Waals surface area contributed by atoms with Crippen LogP contribution in [0.25, 0.3) is 5.78 Å². The Bertz CT molecular complexity index is 973. The van der Waals surface area contributed by atoms with Gasteiger partial charge in [-0.2, -0.15) is 19.4 Å². The molecule has 0 atom stereocenters. The largest absolute Gasteiger partial charge is 0.298 e. The van der Waals surface area contributed by atoms with E-state index in [1.54, 1.807) is 6.21 Å². The monoisotopic (exact) mass is 338 g/mol. The molecule has 0 bridgehead atoms.